The number of hydrogen-bond donors (Lipinski definition) is 0. The summed E-state index contributed by atoms with van der Waals surface area (Å²) in [6.07, 6.45) is 0.137. The molecule has 0 N–H and O–H groups in total. The highest BCUT2D eigenvalue weighted by atomic mass is 16.5. The number of ether oxygens (including phenoxy) is 5. The van der Waals surface area contributed by atoms with Crippen molar-refractivity contribution in [3.63, 3.8) is 0 Å². The van der Waals surface area contributed by atoms with E-state index in [2.05, 4.69) is 0 Å². The van der Waals surface area contributed by atoms with E-state index in [4.69, 9.17) is 33.2 Å². The Morgan fingerprint density at radius 2 is 1.64 bits per heavy atom. The van der Waals surface area contributed by atoms with Gasteiger partial charge in [0.05, 0.1) is 34.5 Å². The zero-order valence-corrected chi connectivity index (χ0v) is 19.2. The molecule has 2 aliphatic heterocycles. The molecule has 0 spiro atoms. The van der Waals surface area contributed by atoms with E-state index >= 15 is 0 Å². The smallest absolute Gasteiger partial charge is 0.214 e. The molecule has 0 aliphatic carbocycles. The normalized spacial score (nSPS) is 18.7. The summed E-state index contributed by atoms with van der Waals surface area (Å²) in [6.45, 7) is 1.92. The average molecular weight is 450 g/mol. The van der Waals surface area contributed by atoms with E-state index < -0.39 is 6.23 Å². The van der Waals surface area contributed by atoms with Crippen molar-refractivity contribution in [1.82, 2.24) is 5.01 Å². The number of aryl methyl sites for hydroxylation is 1. The molecule has 0 radical (unpaired) electrons. The number of nitrogens with zero attached hydrogens (tertiary/aromatic N) is 2. The standard InChI is InChI=1S/C25H26N2O6/c1-14-9-10-19(32-14)17-13-18-16-7-6-8-20(28-2)23(16)33-25(27(18)26-17)15-11-21(29-3)24(31-5)22(12-15)30-4/h6-12,18,25H,13H2,1-5H3/t18-,25+/m1/s1. The van der Waals surface area contributed by atoms with Gasteiger partial charge in [-0.2, -0.15) is 5.10 Å². The lowest BCUT2D eigenvalue weighted by molar-refractivity contribution is -0.0211. The van der Waals surface area contributed by atoms with Crippen LogP contribution in [0, 0.1) is 6.92 Å². The van der Waals surface area contributed by atoms with Gasteiger partial charge in [0, 0.05) is 17.5 Å². The maximum absolute atomic E-state index is 6.53. The van der Waals surface area contributed by atoms with Gasteiger partial charge < -0.3 is 28.1 Å². The molecule has 33 heavy (non-hydrogen) atoms. The van der Waals surface area contributed by atoms with E-state index in [0.717, 1.165) is 28.4 Å². The van der Waals surface area contributed by atoms with Crippen molar-refractivity contribution in [2.45, 2.75) is 25.6 Å². The van der Waals surface area contributed by atoms with Crippen molar-refractivity contribution >= 4 is 5.71 Å². The summed E-state index contributed by atoms with van der Waals surface area (Å²) in [5.74, 6) is 4.59. The van der Waals surface area contributed by atoms with Gasteiger partial charge in [-0.25, -0.2) is 5.01 Å². The first-order valence-electron chi connectivity index (χ1n) is 10.6. The second kappa shape index (κ2) is 8.27. The number of rotatable bonds is 6. The van der Waals surface area contributed by atoms with Crippen LogP contribution in [0.25, 0.3) is 0 Å². The lowest BCUT2D eigenvalue weighted by Crippen LogP contribution is -2.34. The number of benzene rings is 2. The average Bonchev–Trinajstić information content (AvgIpc) is 3.48. The zero-order chi connectivity index (χ0) is 23.1. The minimum absolute atomic E-state index is 0.0478. The summed E-state index contributed by atoms with van der Waals surface area (Å²) in [5, 5.41) is 6.90. The molecule has 3 heterocycles. The summed E-state index contributed by atoms with van der Waals surface area (Å²) in [7, 11) is 6.41. The molecule has 3 aromatic rings. The second-order valence-corrected chi connectivity index (χ2v) is 7.86. The molecule has 0 saturated carbocycles. The van der Waals surface area contributed by atoms with Crippen LogP contribution in [-0.2, 0) is 0 Å². The number of hydrogen-bond acceptors (Lipinski definition) is 8. The van der Waals surface area contributed by atoms with Crippen LogP contribution in [0.1, 0.15) is 41.3 Å². The van der Waals surface area contributed by atoms with E-state index in [1.54, 1.807) is 28.4 Å². The summed E-state index contributed by atoms with van der Waals surface area (Å²) in [5.41, 5.74) is 2.69. The Bertz CT molecular complexity index is 1190. The Labute approximate surface area is 192 Å². The van der Waals surface area contributed by atoms with Crippen LogP contribution in [0.3, 0.4) is 0 Å². The lowest BCUT2D eigenvalue weighted by atomic mass is 9.97. The monoisotopic (exact) mass is 450 g/mol. The zero-order valence-electron chi connectivity index (χ0n) is 19.2. The van der Waals surface area contributed by atoms with Gasteiger partial charge in [0.1, 0.15) is 17.2 Å². The number of furan rings is 1. The summed E-state index contributed by atoms with van der Waals surface area (Å²) < 4.78 is 34.7. The fourth-order valence-corrected chi connectivity index (χ4v) is 4.45. The van der Waals surface area contributed by atoms with Crippen LogP contribution in [0.4, 0.5) is 0 Å². The predicted octanol–water partition coefficient (Wildman–Crippen LogP) is 4.86. The van der Waals surface area contributed by atoms with Crippen molar-refractivity contribution in [3.8, 4) is 28.7 Å². The molecular formula is C25H26N2O6. The Balaban J connectivity index is 1.65. The Kier molecular flexibility index (Phi) is 5.28. The molecule has 2 aromatic carbocycles. The maximum atomic E-state index is 6.53. The number of hydrazone groups is 1. The van der Waals surface area contributed by atoms with E-state index in [0.29, 0.717) is 35.2 Å². The Morgan fingerprint density at radius 1 is 0.909 bits per heavy atom. The fourth-order valence-electron chi connectivity index (χ4n) is 4.45. The van der Waals surface area contributed by atoms with Gasteiger partial charge in [-0.1, -0.05) is 12.1 Å². The molecule has 172 valence electrons. The Morgan fingerprint density at radius 3 is 2.24 bits per heavy atom. The van der Waals surface area contributed by atoms with Gasteiger partial charge in [0.15, 0.2) is 23.0 Å². The number of para-hydroxylation sites is 1. The summed E-state index contributed by atoms with van der Waals surface area (Å²) in [4.78, 5) is 0. The fraction of sp³-hybridized carbons (Fsp3) is 0.320. The van der Waals surface area contributed by atoms with Gasteiger partial charge in [-0.05, 0) is 37.3 Å². The molecule has 0 saturated heterocycles. The van der Waals surface area contributed by atoms with Gasteiger partial charge in [-0.15, -0.1) is 0 Å². The molecule has 0 fully saturated rings. The lowest BCUT2D eigenvalue weighted by Gasteiger charge is -2.38. The van der Waals surface area contributed by atoms with Crippen LogP contribution in [0.15, 0.2) is 52.0 Å². The molecule has 1 aromatic heterocycles. The van der Waals surface area contributed by atoms with Gasteiger partial charge in [0.2, 0.25) is 12.0 Å². The highest BCUT2D eigenvalue weighted by Crippen LogP contribution is 2.52. The first kappa shape index (κ1) is 21.1. The van der Waals surface area contributed by atoms with Crippen LogP contribution in [-0.4, -0.2) is 39.2 Å². The minimum Gasteiger partial charge on any atom is -0.493 e. The number of fused-ring (bicyclic) bond motifs is 3. The topological polar surface area (TPSA) is 74.9 Å². The summed E-state index contributed by atoms with van der Waals surface area (Å²) >= 11 is 0. The van der Waals surface area contributed by atoms with Gasteiger partial charge in [-0.3, -0.25) is 0 Å². The second-order valence-electron chi connectivity index (χ2n) is 7.86. The highest BCUT2D eigenvalue weighted by molar-refractivity contribution is 5.99. The van der Waals surface area contributed by atoms with E-state index in [9.17, 15) is 0 Å². The first-order chi connectivity index (χ1) is 16.1. The molecule has 0 unspecified atom stereocenters. The minimum atomic E-state index is -0.541. The summed E-state index contributed by atoms with van der Waals surface area (Å²) in [6, 6.07) is 13.5. The van der Waals surface area contributed by atoms with Crippen molar-refractivity contribution in [3.05, 3.63) is 65.1 Å². The van der Waals surface area contributed by atoms with Crippen molar-refractivity contribution < 1.29 is 28.1 Å². The molecular weight excluding hydrogens is 424 g/mol. The van der Waals surface area contributed by atoms with E-state index in [1.165, 1.54) is 0 Å². The molecule has 5 rings (SSSR count). The van der Waals surface area contributed by atoms with E-state index in [1.807, 2.05) is 54.4 Å². The van der Waals surface area contributed by atoms with Crippen LogP contribution >= 0.6 is 0 Å². The molecule has 0 amide bonds. The third kappa shape index (κ3) is 3.42. The molecule has 2 aliphatic rings. The maximum Gasteiger partial charge on any atom is 0.214 e. The van der Waals surface area contributed by atoms with E-state index in [-0.39, 0.29) is 6.04 Å². The first-order valence-corrected chi connectivity index (χ1v) is 10.6. The number of methoxy groups -OCH3 is 4. The van der Waals surface area contributed by atoms with Gasteiger partial charge >= 0.3 is 0 Å². The van der Waals surface area contributed by atoms with Gasteiger partial charge in [0.25, 0.3) is 0 Å². The highest BCUT2D eigenvalue weighted by Gasteiger charge is 2.43. The Hall–Kier alpha value is -3.81. The van der Waals surface area contributed by atoms with Crippen LogP contribution in [0.5, 0.6) is 28.7 Å². The van der Waals surface area contributed by atoms with Crippen LogP contribution in [0.2, 0.25) is 0 Å². The molecule has 8 heteroatoms. The van der Waals surface area contributed by atoms with Crippen molar-refractivity contribution in [2.75, 3.05) is 28.4 Å². The van der Waals surface area contributed by atoms with Crippen LogP contribution < -0.4 is 23.7 Å². The predicted molar refractivity (Wildman–Crippen MR) is 122 cm³/mol. The third-order valence-electron chi connectivity index (χ3n) is 6.00. The molecule has 0 bridgehead atoms. The van der Waals surface area contributed by atoms with Crippen molar-refractivity contribution in [2.24, 2.45) is 5.10 Å². The molecule has 2 atom stereocenters. The largest absolute Gasteiger partial charge is 0.493 e. The third-order valence-corrected chi connectivity index (χ3v) is 6.00. The SMILES string of the molecule is COc1cc([C@@H]2Oc3c(OC)cccc3[C@H]3CC(c4ccc(C)o4)=NN32)cc(OC)c1OC. The quantitative estimate of drug-likeness (QED) is 0.531. The van der Waals surface area contributed by atoms with Crippen molar-refractivity contribution in [1.29, 1.82) is 0 Å². The molecule has 8 nitrogen and oxygen atoms in total.